The highest BCUT2D eigenvalue weighted by Crippen LogP contribution is 2.33. The zero-order chi connectivity index (χ0) is 11.4. The summed E-state index contributed by atoms with van der Waals surface area (Å²) >= 11 is 0. The van der Waals surface area contributed by atoms with Crippen LogP contribution in [0.5, 0.6) is 0 Å². The van der Waals surface area contributed by atoms with Crippen molar-refractivity contribution in [1.82, 2.24) is 10.2 Å². The molecule has 2 heteroatoms. The van der Waals surface area contributed by atoms with Gasteiger partial charge in [-0.15, -0.1) is 0 Å². The van der Waals surface area contributed by atoms with Crippen molar-refractivity contribution in [3.8, 4) is 0 Å². The summed E-state index contributed by atoms with van der Waals surface area (Å²) in [7, 11) is 0. The quantitative estimate of drug-likeness (QED) is 0.568. The number of rotatable bonds is 5. The van der Waals surface area contributed by atoms with E-state index in [2.05, 4.69) is 30.1 Å². The molecule has 0 aromatic heterocycles. The van der Waals surface area contributed by atoms with Crippen molar-refractivity contribution < 1.29 is 0 Å². The maximum atomic E-state index is 3.58. The van der Waals surface area contributed by atoms with E-state index >= 15 is 0 Å². The van der Waals surface area contributed by atoms with Crippen LogP contribution in [-0.2, 0) is 0 Å². The topological polar surface area (TPSA) is 15.3 Å². The first-order valence-corrected chi connectivity index (χ1v) is 6.91. The van der Waals surface area contributed by atoms with Crippen LogP contribution >= 0.6 is 0 Å². The average molecular weight is 222 g/mol. The summed E-state index contributed by atoms with van der Waals surface area (Å²) in [4.78, 5) is 2.71. The van der Waals surface area contributed by atoms with Crippen LogP contribution in [0.3, 0.4) is 0 Å². The van der Waals surface area contributed by atoms with Gasteiger partial charge in [0.2, 0.25) is 0 Å². The fourth-order valence-electron chi connectivity index (χ4n) is 2.96. The third-order valence-corrected chi connectivity index (χ3v) is 4.04. The normalized spacial score (nSPS) is 31.0. The number of hydrogen-bond donors (Lipinski definition) is 1. The first-order valence-electron chi connectivity index (χ1n) is 6.91. The summed E-state index contributed by atoms with van der Waals surface area (Å²) < 4.78 is 0. The van der Waals surface area contributed by atoms with E-state index in [1.54, 1.807) is 5.57 Å². The van der Waals surface area contributed by atoms with Crippen molar-refractivity contribution in [2.45, 2.75) is 45.6 Å². The van der Waals surface area contributed by atoms with Gasteiger partial charge in [0.1, 0.15) is 0 Å². The molecule has 92 valence electrons. The molecule has 0 aromatic carbocycles. The van der Waals surface area contributed by atoms with Crippen LogP contribution in [0.1, 0.15) is 39.5 Å². The highest BCUT2D eigenvalue weighted by molar-refractivity contribution is 5.07. The van der Waals surface area contributed by atoms with Crippen LogP contribution < -0.4 is 5.32 Å². The number of nitrogens with zero attached hydrogens (tertiary/aromatic N) is 1. The number of hydrogen-bond acceptors (Lipinski definition) is 2. The first kappa shape index (κ1) is 12.1. The molecule has 2 nitrogen and oxygen atoms in total. The van der Waals surface area contributed by atoms with E-state index < -0.39 is 0 Å². The SMILES string of the molecule is CCCNCC1CCC1N1CCC=C(C)C1. The lowest BCUT2D eigenvalue weighted by atomic mass is 9.77. The maximum Gasteiger partial charge on any atom is 0.0193 e. The summed E-state index contributed by atoms with van der Waals surface area (Å²) in [5, 5.41) is 3.58. The lowest BCUT2D eigenvalue weighted by molar-refractivity contribution is 0.0672. The van der Waals surface area contributed by atoms with Gasteiger partial charge in [-0.05, 0) is 51.6 Å². The molecule has 0 saturated heterocycles. The molecule has 0 spiro atoms. The average Bonchev–Trinajstić information content (AvgIpc) is 2.23. The second-order valence-corrected chi connectivity index (χ2v) is 5.42. The Morgan fingerprint density at radius 2 is 2.31 bits per heavy atom. The van der Waals surface area contributed by atoms with Crippen LogP contribution in [0, 0.1) is 5.92 Å². The van der Waals surface area contributed by atoms with E-state index in [0.29, 0.717) is 0 Å². The maximum absolute atomic E-state index is 3.58. The second kappa shape index (κ2) is 5.83. The first-order chi connectivity index (χ1) is 7.81. The highest BCUT2D eigenvalue weighted by Gasteiger charge is 2.35. The second-order valence-electron chi connectivity index (χ2n) is 5.42. The molecule has 1 fully saturated rings. The summed E-state index contributed by atoms with van der Waals surface area (Å²) in [6.07, 6.45) is 7.77. The van der Waals surface area contributed by atoms with Gasteiger partial charge < -0.3 is 5.32 Å². The van der Waals surface area contributed by atoms with Gasteiger partial charge >= 0.3 is 0 Å². The zero-order valence-electron chi connectivity index (χ0n) is 10.8. The Bertz CT molecular complexity index is 247. The van der Waals surface area contributed by atoms with E-state index in [1.165, 1.54) is 51.9 Å². The molecule has 1 aliphatic carbocycles. The van der Waals surface area contributed by atoms with E-state index in [0.717, 1.165) is 12.0 Å². The largest absolute Gasteiger partial charge is 0.316 e. The molecule has 2 rings (SSSR count). The molecule has 2 atom stereocenters. The Balaban J connectivity index is 1.75. The Hall–Kier alpha value is -0.340. The Morgan fingerprint density at radius 3 is 2.94 bits per heavy atom. The predicted octanol–water partition coefficient (Wildman–Crippen LogP) is 2.42. The van der Waals surface area contributed by atoms with Crippen molar-refractivity contribution in [3.63, 3.8) is 0 Å². The minimum atomic E-state index is 0.869. The standard InChI is InChI=1S/C14H26N2/c1-3-8-15-10-13-6-7-14(13)16-9-4-5-12(2)11-16/h5,13-15H,3-4,6-11H2,1-2H3. The van der Waals surface area contributed by atoms with Crippen molar-refractivity contribution in [1.29, 1.82) is 0 Å². The van der Waals surface area contributed by atoms with Gasteiger partial charge in [-0.1, -0.05) is 18.6 Å². The molecule has 0 bridgehead atoms. The molecule has 2 aliphatic rings. The minimum absolute atomic E-state index is 0.869. The monoisotopic (exact) mass is 222 g/mol. The molecule has 0 radical (unpaired) electrons. The summed E-state index contributed by atoms with van der Waals surface area (Å²) in [6, 6.07) is 0.869. The van der Waals surface area contributed by atoms with Crippen LogP contribution in [0.4, 0.5) is 0 Å². The summed E-state index contributed by atoms with van der Waals surface area (Å²) in [6.45, 7) is 9.43. The lowest BCUT2D eigenvalue weighted by Crippen LogP contribution is -2.52. The summed E-state index contributed by atoms with van der Waals surface area (Å²) in [5.41, 5.74) is 1.57. The van der Waals surface area contributed by atoms with Gasteiger partial charge in [0.25, 0.3) is 0 Å². The molecule has 1 N–H and O–H groups in total. The van der Waals surface area contributed by atoms with Crippen molar-refractivity contribution >= 4 is 0 Å². The summed E-state index contributed by atoms with van der Waals surface area (Å²) in [5.74, 6) is 0.914. The molecule has 1 heterocycles. The molecular formula is C14H26N2. The Kier molecular flexibility index (Phi) is 4.42. The van der Waals surface area contributed by atoms with Gasteiger partial charge in [0.15, 0.2) is 0 Å². The lowest BCUT2D eigenvalue weighted by Gasteiger charge is -2.46. The van der Waals surface area contributed by atoms with Crippen LogP contribution in [0.25, 0.3) is 0 Å². The van der Waals surface area contributed by atoms with Gasteiger partial charge in [0.05, 0.1) is 0 Å². The van der Waals surface area contributed by atoms with Crippen LogP contribution in [0.15, 0.2) is 11.6 Å². The Morgan fingerprint density at radius 1 is 1.44 bits per heavy atom. The van der Waals surface area contributed by atoms with Crippen LogP contribution in [0.2, 0.25) is 0 Å². The van der Waals surface area contributed by atoms with Crippen LogP contribution in [-0.4, -0.2) is 37.1 Å². The van der Waals surface area contributed by atoms with Crippen molar-refractivity contribution in [3.05, 3.63) is 11.6 Å². The number of nitrogens with one attached hydrogen (secondary N) is 1. The molecule has 0 aromatic rings. The molecule has 16 heavy (non-hydrogen) atoms. The fourth-order valence-corrected chi connectivity index (χ4v) is 2.96. The molecule has 1 saturated carbocycles. The van der Waals surface area contributed by atoms with Crippen molar-refractivity contribution in [2.24, 2.45) is 5.92 Å². The third-order valence-electron chi connectivity index (χ3n) is 4.04. The smallest absolute Gasteiger partial charge is 0.0193 e. The third kappa shape index (κ3) is 2.86. The Labute approximate surface area is 100 Å². The minimum Gasteiger partial charge on any atom is -0.316 e. The molecular weight excluding hydrogens is 196 g/mol. The van der Waals surface area contributed by atoms with E-state index in [9.17, 15) is 0 Å². The van der Waals surface area contributed by atoms with Gasteiger partial charge in [0, 0.05) is 19.1 Å². The van der Waals surface area contributed by atoms with E-state index in [4.69, 9.17) is 0 Å². The van der Waals surface area contributed by atoms with Gasteiger partial charge in [-0.2, -0.15) is 0 Å². The molecule has 2 unspecified atom stereocenters. The predicted molar refractivity (Wildman–Crippen MR) is 69.6 cm³/mol. The molecule has 1 aliphatic heterocycles. The van der Waals surface area contributed by atoms with Gasteiger partial charge in [-0.3, -0.25) is 4.90 Å². The molecule has 0 amide bonds. The zero-order valence-corrected chi connectivity index (χ0v) is 10.8. The highest BCUT2D eigenvalue weighted by atomic mass is 15.2. The van der Waals surface area contributed by atoms with E-state index in [1.807, 2.05) is 0 Å². The van der Waals surface area contributed by atoms with Crippen molar-refractivity contribution in [2.75, 3.05) is 26.2 Å². The fraction of sp³-hybridized carbons (Fsp3) is 0.857. The van der Waals surface area contributed by atoms with E-state index in [-0.39, 0.29) is 0 Å². The van der Waals surface area contributed by atoms with Gasteiger partial charge in [-0.25, -0.2) is 0 Å².